The Morgan fingerprint density at radius 1 is 1.47 bits per heavy atom. The minimum Gasteiger partial charge on any atom is -0.508 e. The summed E-state index contributed by atoms with van der Waals surface area (Å²) < 4.78 is 0. The Morgan fingerprint density at radius 3 is 2.74 bits per heavy atom. The summed E-state index contributed by atoms with van der Waals surface area (Å²) in [6, 6.07) is 6.39. The van der Waals surface area contributed by atoms with Gasteiger partial charge in [-0.3, -0.25) is 4.79 Å². The third kappa shape index (κ3) is 3.41. The van der Waals surface area contributed by atoms with Crippen molar-refractivity contribution in [1.82, 2.24) is 5.32 Å². The molecule has 3 nitrogen and oxygen atoms in total. The number of carbonyl (C=O) groups excluding carboxylic acids is 1. The fraction of sp³-hybridized carbons (Fsp3) is 0.533. The topological polar surface area (TPSA) is 49.3 Å². The van der Waals surface area contributed by atoms with Crippen LogP contribution in [0.25, 0.3) is 0 Å². The minimum atomic E-state index is -0.295. The van der Waals surface area contributed by atoms with Crippen LogP contribution in [-0.2, 0) is 0 Å². The van der Waals surface area contributed by atoms with Gasteiger partial charge in [0.15, 0.2) is 0 Å². The maximum absolute atomic E-state index is 12.2. The van der Waals surface area contributed by atoms with E-state index < -0.39 is 0 Å². The summed E-state index contributed by atoms with van der Waals surface area (Å²) in [6.07, 6.45) is 4.02. The van der Waals surface area contributed by atoms with Gasteiger partial charge in [-0.2, -0.15) is 0 Å². The van der Waals surface area contributed by atoms with Gasteiger partial charge in [-0.15, -0.1) is 11.6 Å². The zero-order chi connectivity index (χ0) is 13.9. The lowest BCUT2D eigenvalue weighted by Crippen LogP contribution is -2.52. The van der Waals surface area contributed by atoms with E-state index in [1.165, 1.54) is 6.07 Å². The van der Waals surface area contributed by atoms with E-state index in [-0.39, 0.29) is 17.2 Å². The van der Waals surface area contributed by atoms with Gasteiger partial charge in [0, 0.05) is 11.4 Å². The van der Waals surface area contributed by atoms with Crippen LogP contribution in [-0.4, -0.2) is 22.4 Å². The van der Waals surface area contributed by atoms with Crippen molar-refractivity contribution >= 4 is 17.5 Å². The molecule has 0 heterocycles. The quantitative estimate of drug-likeness (QED) is 0.835. The smallest absolute Gasteiger partial charge is 0.251 e. The summed E-state index contributed by atoms with van der Waals surface area (Å²) in [6.45, 7) is 2.23. The zero-order valence-electron chi connectivity index (χ0n) is 11.2. The number of halogens is 1. The third-order valence-corrected chi connectivity index (χ3v) is 4.49. The van der Waals surface area contributed by atoms with Gasteiger partial charge in [0.05, 0.1) is 5.54 Å². The number of amides is 1. The van der Waals surface area contributed by atoms with Gasteiger partial charge in [0.25, 0.3) is 5.91 Å². The van der Waals surface area contributed by atoms with Gasteiger partial charge >= 0.3 is 0 Å². The monoisotopic (exact) mass is 281 g/mol. The molecule has 4 heteroatoms. The number of aromatic hydroxyl groups is 1. The normalized spacial score (nSPS) is 26.9. The maximum atomic E-state index is 12.2. The molecule has 0 aromatic heterocycles. The fourth-order valence-electron chi connectivity index (χ4n) is 2.57. The first-order valence-corrected chi connectivity index (χ1v) is 7.26. The van der Waals surface area contributed by atoms with E-state index in [9.17, 15) is 9.90 Å². The van der Waals surface area contributed by atoms with E-state index in [2.05, 4.69) is 12.2 Å². The SMILES string of the molecule is CC1CCC(CCl)(NC(=O)c2cccc(O)c2)CC1. The first-order valence-electron chi connectivity index (χ1n) is 6.72. The molecule has 1 amide bonds. The van der Waals surface area contributed by atoms with E-state index in [0.717, 1.165) is 25.7 Å². The third-order valence-electron chi connectivity index (χ3n) is 3.97. The van der Waals surface area contributed by atoms with Crippen LogP contribution in [0.15, 0.2) is 24.3 Å². The van der Waals surface area contributed by atoms with Crippen molar-refractivity contribution < 1.29 is 9.90 Å². The lowest BCUT2D eigenvalue weighted by molar-refractivity contribution is 0.0872. The van der Waals surface area contributed by atoms with Crippen molar-refractivity contribution in [1.29, 1.82) is 0 Å². The lowest BCUT2D eigenvalue weighted by Gasteiger charge is -2.38. The van der Waals surface area contributed by atoms with Crippen LogP contribution in [0, 0.1) is 5.92 Å². The predicted octanol–water partition coefficient (Wildman–Crippen LogP) is 3.31. The highest BCUT2D eigenvalue weighted by Gasteiger charge is 2.35. The molecule has 2 rings (SSSR count). The largest absolute Gasteiger partial charge is 0.508 e. The van der Waals surface area contributed by atoms with E-state index in [4.69, 9.17) is 11.6 Å². The average Bonchev–Trinajstić information content (AvgIpc) is 2.42. The highest BCUT2D eigenvalue weighted by Crippen LogP contribution is 2.33. The molecule has 1 aromatic rings. The van der Waals surface area contributed by atoms with Crippen LogP contribution < -0.4 is 5.32 Å². The summed E-state index contributed by atoms with van der Waals surface area (Å²) >= 11 is 6.08. The molecule has 0 atom stereocenters. The van der Waals surface area contributed by atoms with Crippen LogP contribution in [0.3, 0.4) is 0 Å². The Labute approximate surface area is 119 Å². The van der Waals surface area contributed by atoms with Crippen molar-refractivity contribution in [3.63, 3.8) is 0 Å². The number of phenolic OH excluding ortho intramolecular Hbond substituents is 1. The molecule has 1 aliphatic rings. The van der Waals surface area contributed by atoms with Crippen LogP contribution in [0.1, 0.15) is 43.0 Å². The number of carbonyl (C=O) groups is 1. The second-order valence-corrected chi connectivity index (χ2v) is 5.87. The molecule has 1 aliphatic carbocycles. The fourth-order valence-corrected chi connectivity index (χ4v) is 2.90. The molecule has 1 saturated carbocycles. The van der Waals surface area contributed by atoms with Gasteiger partial charge in [-0.1, -0.05) is 13.0 Å². The first kappa shape index (κ1) is 14.2. The van der Waals surface area contributed by atoms with Crippen molar-refractivity contribution in [3.05, 3.63) is 29.8 Å². The van der Waals surface area contributed by atoms with Crippen LogP contribution in [0.2, 0.25) is 0 Å². The summed E-state index contributed by atoms with van der Waals surface area (Å²) in [5.74, 6) is 1.08. The second kappa shape index (κ2) is 5.83. The Morgan fingerprint density at radius 2 is 2.16 bits per heavy atom. The number of benzene rings is 1. The highest BCUT2D eigenvalue weighted by atomic mass is 35.5. The Bertz CT molecular complexity index is 453. The summed E-state index contributed by atoms with van der Waals surface area (Å²) in [5.41, 5.74) is 0.180. The average molecular weight is 282 g/mol. The molecule has 0 unspecified atom stereocenters. The Balaban J connectivity index is 2.08. The van der Waals surface area contributed by atoms with Crippen molar-refractivity contribution in [2.75, 3.05) is 5.88 Å². The molecular weight excluding hydrogens is 262 g/mol. The molecule has 0 aliphatic heterocycles. The predicted molar refractivity (Wildman–Crippen MR) is 76.7 cm³/mol. The number of rotatable bonds is 3. The molecular formula is C15H20ClNO2. The highest BCUT2D eigenvalue weighted by molar-refractivity contribution is 6.19. The van der Waals surface area contributed by atoms with Crippen LogP contribution >= 0.6 is 11.6 Å². The van der Waals surface area contributed by atoms with Crippen molar-refractivity contribution in [2.45, 2.75) is 38.1 Å². The minimum absolute atomic E-state index is 0.102. The number of nitrogens with one attached hydrogen (secondary N) is 1. The summed E-state index contributed by atoms with van der Waals surface area (Å²) in [7, 11) is 0. The Kier molecular flexibility index (Phi) is 4.35. The molecule has 104 valence electrons. The number of phenols is 1. The molecule has 19 heavy (non-hydrogen) atoms. The molecule has 0 radical (unpaired) electrons. The van der Waals surface area contributed by atoms with Crippen molar-refractivity contribution in [3.8, 4) is 5.75 Å². The molecule has 0 saturated heterocycles. The van der Waals surface area contributed by atoms with Crippen LogP contribution in [0.5, 0.6) is 5.75 Å². The summed E-state index contributed by atoms with van der Waals surface area (Å²) in [5, 5.41) is 12.5. The maximum Gasteiger partial charge on any atom is 0.251 e. The molecule has 1 aromatic carbocycles. The van der Waals surface area contributed by atoms with Gasteiger partial charge in [0.2, 0.25) is 0 Å². The molecule has 0 bridgehead atoms. The van der Waals surface area contributed by atoms with Crippen LogP contribution in [0.4, 0.5) is 0 Å². The van der Waals surface area contributed by atoms with Gasteiger partial charge in [-0.25, -0.2) is 0 Å². The van der Waals surface area contributed by atoms with E-state index in [1.807, 2.05) is 0 Å². The van der Waals surface area contributed by atoms with Gasteiger partial charge in [-0.05, 0) is 49.8 Å². The first-order chi connectivity index (χ1) is 9.04. The Hall–Kier alpha value is -1.22. The van der Waals surface area contributed by atoms with Gasteiger partial charge < -0.3 is 10.4 Å². The lowest BCUT2D eigenvalue weighted by atomic mass is 9.78. The standard InChI is InChI=1S/C15H20ClNO2/c1-11-5-7-15(10-16,8-6-11)17-14(19)12-3-2-4-13(18)9-12/h2-4,9,11,18H,5-8,10H2,1H3,(H,17,19). The number of hydrogen-bond donors (Lipinski definition) is 2. The zero-order valence-corrected chi connectivity index (χ0v) is 11.9. The van der Waals surface area contributed by atoms with E-state index in [1.54, 1.807) is 18.2 Å². The van der Waals surface area contributed by atoms with Gasteiger partial charge in [0.1, 0.15) is 5.75 Å². The number of alkyl halides is 1. The van der Waals surface area contributed by atoms with E-state index in [0.29, 0.717) is 17.4 Å². The van der Waals surface area contributed by atoms with Crippen molar-refractivity contribution in [2.24, 2.45) is 5.92 Å². The van der Waals surface area contributed by atoms with E-state index >= 15 is 0 Å². The second-order valence-electron chi connectivity index (χ2n) is 5.60. The number of hydrogen-bond acceptors (Lipinski definition) is 2. The molecule has 0 spiro atoms. The molecule has 1 fully saturated rings. The summed E-state index contributed by atoms with van der Waals surface area (Å²) in [4.78, 5) is 12.2. The molecule has 2 N–H and O–H groups in total.